The van der Waals surface area contributed by atoms with Crippen LogP contribution in [0.2, 0.25) is 0 Å². The van der Waals surface area contributed by atoms with E-state index in [1.54, 1.807) is 0 Å². The van der Waals surface area contributed by atoms with E-state index in [-0.39, 0.29) is 5.41 Å². The normalized spacial score (nSPS) is 21.8. The van der Waals surface area contributed by atoms with E-state index in [1.165, 1.54) is 0 Å². The fourth-order valence-corrected chi connectivity index (χ4v) is 3.08. The Bertz CT molecular complexity index is 687. The van der Waals surface area contributed by atoms with Gasteiger partial charge in [-0.3, -0.25) is 0 Å². The molecule has 102 valence electrons. The molecule has 2 aliphatic rings. The summed E-state index contributed by atoms with van der Waals surface area (Å²) in [7, 11) is 0. The molecule has 1 aromatic carbocycles. The number of nitriles is 1. The number of H-pyrrole nitrogens is 1. The first kappa shape index (κ1) is 11.9. The van der Waals surface area contributed by atoms with Crippen LogP contribution in [0.25, 0.3) is 11.0 Å². The molecule has 20 heavy (non-hydrogen) atoms. The van der Waals surface area contributed by atoms with Crippen LogP contribution in [0.5, 0.6) is 0 Å². The average molecular weight is 267 g/mol. The summed E-state index contributed by atoms with van der Waals surface area (Å²) >= 11 is 0. The molecule has 1 N–H and O–H groups in total. The molecule has 4 rings (SSSR count). The molecule has 2 fully saturated rings. The van der Waals surface area contributed by atoms with Gasteiger partial charge < -0.3 is 9.72 Å². The van der Waals surface area contributed by atoms with Gasteiger partial charge in [0.15, 0.2) is 0 Å². The maximum atomic E-state index is 9.30. The van der Waals surface area contributed by atoms with E-state index >= 15 is 0 Å². The Hall–Kier alpha value is -1.86. The topological polar surface area (TPSA) is 61.7 Å². The molecular formula is C16H17N3O. The fraction of sp³-hybridized carbons (Fsp3) is 0.500. The zero-order valence-corrected chi connectivity index (χ0v) is 11.4. The average Bonchev–Trinajstić information content (AvgIpc) is 3.20. The highest BCUT2D eigenvalue weighted by Gasteiger charge is 2.45. The highest BCUT2D eigenvalue weighted by atomic mass is 16.5. The van der Waals surface area contributed by atoms with E-state index in [0.29, 0.717) is 5.92 Å². The minimum absolute atomic E-state index is 0.224. The van der Waals surface area contributed by atoms with E-state index in [9.17, 15) is 5.26 Å². The number of fused-ring (bicyclic) bond motifs is 1. The molecule has 2 aromatic rings. The summed E-state index contributed by atoms with van der Waals surface area (Å²) in [5.74, 6) is 1.55. The minimum Gasteiger partial charge on any atom is -0.381 e. The third-order valence-electron chi connectivity index (χ3n) is 4.62. The summed E-state index contributed by atoms with van der Waals surface area (Å²) in [6.07, 6.45) is 4.04. The van der Waals surface area contributed by atoms with E-state index < -0.39 is 0 Å². The molecule has 0 radical (unpaired) electrons. The van der Waals surface area contributed by atoms with Crippen LogP contribution < -0.4 is 0 Å². The van der Waals surface area contributed by atoms with E-state index in [1.807, 2.05) is 6.07 Å². The molecule has 4 heteroatoms. The van der Waals surface area contributed by atoms with Gasteiger partial charge in [0.05, 0.1) is 22.5 Å². The van der Waals surface area contributed by atoms with Crippen LogP contribution in [0, 0.1) is 11.3 Å². The van der Waals surface area contributed by atoms with Gasteiger partial charge in [0.1, 0.15) is 5.82 Å². The molecule has 1 saturated heterocycles. The van der Waals surface area contributed by atoms with E-state index in [0.717, 1.165) is 61.3 Å². The third kappa shape index (κ3) is 1.82. The van der Waals surface area contributed by atoms with Gasteiger partial charge in [-0.05, 0) is 43.4 Å². The van der Waals surface area contributed by atoms with Crippen molar-refractivity contribution in [3.63, 3.8) is 0 Å². The summed E-state index contributed by atoms with van der Waals surface area (Å²) in [4.78, 5) is 8.17. The van der Waals surface area contributed by atoms with Crippen molar-refractivity contribution in [3.05, 3.63) is 29.6 Å². The maximum Gasteiger partial charge on any atom is 0.110 e. The lowest BCUT2D eigenvalue weighted by Gasteiger charge is -2.19. The van der Waals surface area contributed by atoms with Gasteiger partial charge in [-0.2, -0.15) is 5.26 Å². The molecule has 4 nitrogen and oxygen atoms in total. The fourth-order valence-electron chi connectivity index (χ4n) is 3.08. The first-order valence-electron chi connectivity index (χ1n) is 7.30. The molecule has 0 unspecified atom stereocenters. The van der Waals surface area contributed by atoms with Crippen LogP contribution in [-0.4, -0.2) is 23.2 Å². The second-order valence-electron chi connectivity index (χ2n) is 5.93. The number of rotatable bonds is 2. The molecular weight excluding hydrogens is 250 g/mol. The molecule has 1 aliphatic heterocycles. The number of nitrogens with zero attached hydrogens (tertiary/aromatic N) is 2. The van der Waals surface area contributed by atoms with Gasteiger partial charge in [0, 0.05) is 19.1 Å². The van der Waals surface area contributed by atoms with Crippen molar-refractivity contribution in [2.24, 2.45) is 0 Å². The molecule has 0 amide bonds. The van der Waals surface area contributed by atoms with Crippen LogP contribution in [0.4, 0.5) is 0 Å². The zero-order valence-electron chi connectivity index (χ0n) is 11.4. The van der Waals surface area contributed by atoms with Gasteiger partial charge in [0.25, 0.3) is 0 Å². The van der Waals surface area contributed by atoms with Crippen molar-refractivity contribution in [1.29, 1.82) is 5.26 Å². The second-order valence-corrected chi connectivity index (χ2v) is 5.93. The third-order valence-corrected chi connectivity index (χ3v) is 4.62. The lowest BCUT2D eigenvalue weighted by atomic mass is 9.97. The molecule has 0 atom stereocenters. The van der Waals surface area contributed by atoms with Crippen molar-refractivity contribution >= 4 is 11.0 Å². The Morgan fingerprint density at radius 1 is 1.30 bits per heavy atom. The van der Waals surface area contributed by atoms with Crippen LogP contribution in [-0.2, 0) is 10.2 Å². The minimum atomic E-state index is -0.224. The Morgan fingerprint density at radius 3 is 2.80 bits per heavy atom. The van der Waals surface area contributed by atoms with Crippen LogP contribution in [0.1, 0.15) is 43.0 Å². The van der Waals surface area contributed by atoms with Crippen LogP contribution in [0.15, 0.2) is 18.2 Å². The van der Waals surface area contributed by atoms with E-state index in [4.69, 9.17) is 9.72 Å². The van der Waals surface area contributed by atoms with Crippen LogP contribution in [0.3, 0.4) is 0 Å². The number of nitrogens with one attached hydrogen (secondary N) is 1. The van der Waals surface area contributed by atoms with Gasteiger partial charge in [0.2, 0.25) is 0 Å². The summed E-state index contributed by atoms with van der Waals surface area (Å²) in [6, 6.07) is 8.67. The number of aromatic nitrogens is 2. The second kappa shape index (κ2) is 4.32. The number of aromatic amines is 1. The maximum absolute atomic E-state index is 9.30. The highest BCUT2D eigenvalue weighted by Crippen LogP contribution is 2.48. The van der Waals surface area contributed by atoms with Gasteiger partial charge >= 0.3 is 0 Å². The van der Waals surface area contributed by atoms with Gasteiger partial charge in [-0.15, -0.1) is 0 Å². The molecule has 2 heterocycles. The molecule has 0 bridgehead atoms. The van der Waals surface area contributed by atoms with Crippen molar-refractivity contribution in [2.75, 3.05) is 13.2 Å². The van der Waals surface area contributed by atoms with Crippen LogP contribution >= 0.6 is 0 Å². The van der Waals surface area contributed by atoms with Gasteiger partial charge in [-0.1, -0.05) is 6.07 Å². The predicted octanol–water partition coefficient (Wildman–Crippen LogP) is 3.01. The standard InChI is InChI=1S/C16H17N3O/c17-10-16(5-6-16)12-1-2-13-14(9-12)19-15(18-13)11-3-7-20-8-4-11/h1-2,9,11H,3-8H2,(H,18,19). The van der Waals surface area contributed by atoms with Crippen molar-refractivity contribution < 1.29 is 4.74 Å². The van der Waals surface area contributed by atoms with Crippen molar-refractivity contribution in [1.82, 2.24) is 9.97 Å². The predicted molar refractivity (Wildman–Crippen MR) is 75.4 cm³/mol. The Kier molecular flexibility index (Phi) is 2.58. The Labute approximate surface area is 117 Å². The number of benzene rings is 1. The summed E-state index contributed by atoms with van der Waals surface area (Å²) < 4.78 is 5.40. The summed E-state index contributed by atoms with van der Waals surface area (Å²) in [5.41, 5.74) is 2.97. The molecule has 1 saturated carbocycles. The van der Waals surface area contributed by atoms with Crippen molar-refractivity contribution in [3.8, 4) is 6.07 Å². The smallest absolute Gasteiger partial charge is 0.110 e. The number of hydrogen-bond donors (Lipinski definition) is 1. The first-order chi connectivity index (χ1) is 9.81. The highest BCUT2D eigenvalue weighted by molar-refractivity contribution is 5.77. The molecule has 1 aromatic heterocycles. The Morgan fingerprint density at radius 2 is 2.10 bits per heavy atom. The zero-order chi connectivity index (χ0) is 13.6. The summed E-state index contributed by atoms with van der Waals surface area (Å²) in [6.45, 7) is 1.65. The molecule has 0 spiro atoms. The summed E-state index contributed by atoms with van der Waals surface area (Å²) in [5, 5.41) is 9.30. The lowest BCUT2D eigenvalue weighted by molar-refractivity contribution is 0.0838. The van der Waals surface area contributed by atoms with Crippen molar-refractivity contribution in [2.45, 2.75) is 37.0 Å². The number of hydrogen-bond acceptors (Lipinski definition) is 3. The quantitative estimate of drug-likeness (QED) is 0.909. The largest absolute Gasteiger partial charge is 0.381 e. The Balaban J connectivity index is 1.71. The van der Waals surface area contributed by atoms with Gasteiger partial charge in [-0.25, -0.2) is 4.98 Å². The monoisotopic (exact) mass is 267 g/mol. The number of ether oxygens (including phenoxy) is 1. The first-order valence-corrected chi connectivity index (χ1v) is 7.30. The SMILES string of the molecule is N#CC1(c2ccc3nc(C4CCOCC4)[nH]c3c2)CC1. The number of imidazole rings is 1. The molecule has 1 aliphatic carbocycles. The lowest BCUT2D eigenvalue weighted by Crippen LogP contribution is -2.15. The van der Waals surface area contributed by atoms with E-state index in [2.05, 4.69) is 23.2 Å².